The largest absolute Gasteiger partial charge is 0.352 e. The van der Waals surface area contributed by atoms with E-state index in [0.29, 0.717) is 13.0 Å². The molecule has 2 rings (SSSR count). The van der Waals surface area contributed by atoms with Crippen LogP contribution in [-0.4, -0.2) is 36.0 Å². The molecular formula is C9H13N3O. The van der Waals surface area contributed by atoms with Crippen LogP contribution in [-0.2, 0) is 4.79 Å². The minimum absolute atomic E-state index is 0.0963. The van der Waals surface area contributed by atoms with Gasteiger partial charge in [-0.2, -0.15) is 5.26 Å². The van der Waals surface area contributed by atoms with Crippen LogP contribution in [0.15, 0.2) is 0 Å². The third kappa shape index (κ3) is 1.11. The number of carbonyl (C=O) groups excluding carboxylic acids is 1. The van der Waals surface area contributed by atoms with Crippen molar-refractivity contribution in [2.45, 2.75) is 24.8 Å². The molecule has 2 saturated heterocycles. The molecule has 1 atom stereocenters. The van der Waals surface area contributed by atoms with Gasteiger partial charge in [-0.15, -0.1) is 0 Å². The summed E-state index contributed by atoms with van der Waals surface area (Å²) in [5.41, 5.74) is -0.837. The van der Waals surface area contributed by atoms with Gasteiger partial charge in [-0.3, -0.25) is 9.69 Å². The highest BCUT2D eigenvalue weighted by molar-refractivity contribution is 5.90. The molecule has 1 amide bonds. The van der Waals surface area contributed by atoms with Crippen molar-refractivity contribution in [3.63, 3.8) is 0 Å². The van der Waals surface area contributed by atoms with Crippen LogP contribution in [0.1, 0.15) is 19.3 Å². The smallest absolute Gasteiger partial charge is 0.255 e. The van der Waals surface area contributed by atoms with E-state index in [1.54, 1.807) is 0 Å². The van der Waals surface area contributed by atoms with Crippen molar-refractivity contribution in [1.82, 2.24) is 10.2 Å². The minimum Gasteiger partial charge on any atom is -0.352 e. The third-order valence-corrected chi connectivity index (χ3v) is 2.98. The Kier molecular flexibility index (Phi) is 1.97. The van der Waals surface area contributed by atoms with Crippen LogP contribution in [0.4, 0.5) is 0 Å². The number of nitriles is 1. The van der Waals surface area contributed by atoms with Crippen molar-refractivity contribution in [1.29, 1.82) is 5.26 Å². The fourth-order valence-corrected chi connectivity index (χ4v) is 2.22. The first-order chi connectivity index (χ1) is 6.29. The normalized spacial score (nSPS) is 34.5. The van der Waals surface area contributed by atoms with E-state index in [2.05, 4.69) is 11.4 Å². The lowest BCUT2D eigenvalue weighted by Gasteiger charge is -2.44. The van der Waals surface area contributed by atoms with E-state index in [1.807, 2.05) is 4.90 Å². The van der Waals surface area contributed by atoms with Gasteiger partial charge >= 0.3 is 0 Å². The molecule has 0 aromatic rings. The van der Waals surface area contributed by atoms with Crippen molar-refractivity contribution >= 4 is 5.91 Å². The summed E-state index contributed by atoms with van der Waals surface area (Å²) >= 11 is 0. The molecule has 0 aromatic heterocycles. The Hall–Kier alpha value is -1.08. The fourth-order valence-electron chi connectivity index (χ4n) is 2.22. The maximum Gasteiger partial charge on any atom is 0.255 e. The highest BCUT2D eigenvalue weighted by Gasteiger charge is 2.47. The quantitative estimate of drug-likeness (QED) is 0.563. The van der Waals surface area contributed by atoms with Crippen molar-refractivity contribution in [3.05, 3.63) is 0 Å². The molecule has 70 valence electrons. The van der Waals surface area contributed by atoms with Crippen LogP contribution in [0.3, 0.4) is 0 Å². The molecule has 0 aliphatic carbocycles. The second kappa shape index (κ2) is 3.00. The summed E-state index contributed by atoms with van der Waals surface area (Å²) in [6.07, 6.45) is 2.78. The van der Waals surface area contributed by atoms with Crippen molar-refractivity contribution in [2.75, 3.05) is 19.6 Å². The van der Waals surface area contributed by atoms with Crippen LogP contribution >= 0.6 is 0 Å². The van der Waals surface area contributed by atoms with Crippen molar-refractivity contribution in [2.24, 2.45) is 0 Å². The number of piperazine rings is 1. The molecule has 2 fully saturated rings. The lowest BCUT2D eigenvalue weighted by atomic mass is 9.85. The molecule has 0 radical (unpaired) electrons. The number of amides is 1. The molecule has 0 bridgehead atoms. The van der Waals surface area contributed by atoms with E-state index in [4.69, 9.17) is 5.26 Å². The zero-order valence-corrected chi connectivity index (χ0v) is 7.55. The van der Waals surface area contributed by atoms with Gasteiger partial charge in [0.2, 0.25) is 0 Å². The average Bonchev–Trinajstić information content (AvgIpc) is 2.19. The van der Waals surface area contributed by atoms with Gasteiger partial charge in [-0.1, -0.05) is 0 Å². The summed E-state index contributed by atoms with van der Waals surface area (Å²) in [6, 6.07) is 2.18. The van der Waals surface area contributed by atoms with Gasteiger partial charge in [0.15, 0.2) is 5.54 Å². The number of rotatable bonds is 0. The van der Waals surface area contributed by atoms with E-state index in [1.165, 1.54) is 0 Å². The first-order valence-electron chi connectivity index (χ1n) is 4.74. The third-order valence-electron chi connectivity index (χ3n) is 2.98. The lowest BCUT2D eigenvalue weighted by molar-refractivity contribution is -0.135. The van der Waals surface area contributed by atoms with Gasteiger partial charge in [-0.25, -0.2) is 0 Å². The van der Waals surface area contributed by atoms with Crippen LogP contribution in [0, 0.1) is 11.3 Å². The number of nitrogens with zero attached hydrogens (tertiary/aromatic N) is 2. The first-order valence-corrected chi connectivity index (χ1v) is 4.74. The molecular weight excluding hydrogens is 166 g/mol. The van der Waals surface area contributed by atoms with E-state index in [0.717, 1.165) is 25.9 Å². The molecule has 2 heterocycles. The molecule has 2 aliphatic heterocycles. The Balaban J connectivity index is 2.30. The maximum absolute atomic E-state index is 11.6. The molecule has 2 aliphatic rings. The zero-order chi connectivity index (χ0) is 9.31. The summed E-state index contributed by atoms with van der Waals surface area (Å²) < 4.78 is 0. The van der Waals surface area contributed by atoms with Crippen LogP contribution in [0.5, 0.6) is 0 Å². The van der Waals surface area contributed by atoms with Gasteiger partial charge in [0, 0.05) is 19.6 Å². The molecule has 0 spiro atoms. The van der Waals surface area contributed by atoms with Gasteiger partial charge < -0.3 is 5.32 Å². The first kappa shape index (κ1) is 8.52. The number of hydrogen-bond acceptors (Lipinski definition) is 3. The molecule has 4 heteroatoms. The zero-order valence-electron chi connectivity index (χ0n) is 7.55. The van der Waals surface area contributed by atoms with E-state index >= 15 is 0 Å². The van der Waals surface area contributed by atoms with Gasteiger partial charge in [-0.05, 0) is 19.3 Å². The van der Waals surface area contributed by atoms with Gasteiger partial charge in [0.25, 0.3) is 5.91 Å². The van der Waals surface area contributed by atoms with Crippen LogP contribution in [0.2, 0.25) is 0 Å². The van der Waals surface area contributed by atoms with Crippen LogP contribution < -0.4 is 5.32 Å². The number of nitrogens with one attached hydrogen (secondary N) is 1. The summed E-state index contributed by atoms with van der Waals surface area (Å²) in [5, 5.41) is 11.9. The molecule has 1 N–H and O–H groups in total. The highest BCUT2D eigenvalue weighted by atomic mass is 16.2. The SMILES string of the molecule is N#C[C@]12CCCCN1CCNC2=O. The van der Waals surface area contributed by atoms with Gasteiger partial charge in [0.05, 0.1) is 6.07 Å². The van der Waals surface area contributed by atoms with Crippen molar-refractivity contribution in [3.8, 4) is 6.07 Å². The summed E-state index contributed by atoms with van der Waals surface area (Å²) in [4.78, 5) is 13.6. The highest BCUT2D eigenvalue weighted by Crippen LogP contribution is 2.29. The Labute approximate surface area is 77.5 Å². The Bertz CT molecular complexity index is 269. The summed E-state index contributed by atoms with van der Waals surface area (Å²) in [6.45, 7) is 2.39. The molecule has 4 nitrogen and oxygen atoms in total. The van der Waals surface area contributed by atoms with Gasteiger partial charge in [0.1, 0.15) is 0 Å². The van der Waals surface area contributed by atoms with E-state index < -0.39 is 5.54 Å². The topological polar surface area (TPSA) is 56.1 Å². The summed E-state index contributed by atoms with van der Waals surface area (Å²) in [5.74, 6) is -0.0963. The number of hydrogen-bond donors (Lipinski definition) is 1. The minimum atomic E-state index is -0.837. The van der Waals surface area contributed by atoms with Crippen LogP contribution in [0.25, 0.3) is 0 Å². The number of carbonyl (C=O) groups is 1. The molecule has 0 aromatic carbocycles. The average molecular weight is 179 g/mol. The Morgan fingerprint density at radius 1 is 1.46 bits per heavy atom. The monoisotopic (exact) mass is 179 g/mol. The van der Waals surface area contributed by atoms with Crippen molar-refractivity contribution < 1.29 is 4.79 Å². The molecule has 0 unspecified atom stereocenters. The van der Waals surface area contributed by atoms with E-state index in [9.17, 15) is 4.79 Å². The maximum atomic E-state index is 11.6. The predicted molar refractivity (Wildman–Crippen MR) is 46.8 cm³/mol. The Morgan fingerprint density at radius 2 is 2.31 bits per heavy atom. The summed E-state index contributed by atoms with van der Waals surface area (Å²) in [7, 11) is 0. The molecule has 0 saturated carbocycles. The molecule has 13 heavy (non-hydrogen) atoms. The number of piperidine rings is 1. The fraction of sp³-hybridized carbons (Fsp3) is 0.778. The predicted octanol–water partition coefficient (Wildman–Crippen LogP) is -0.136. The Morgan fingerprint density at radius 3 is 3.00 bits per heavy atom. The standard InChI is InChI=1S/C9H13N3O/c10-7-9-3-1-2-5-12(9)6-4-11-8(9)13/h1-6H2,(H,11,13)/t9-/m0/s1. The second-order valence-electron chi connectivity index (χ2n) is 3.67. The number of fused-ring (bicyclic) bond motifs is 1. The second-order valence-corrected chi connectivity index (χ2v) is 3.67. The lowest BCUT2D eigenvalue weighted by Crippen LogP contribution is -2.65. The van der Waals surface area contributed by atoms with E-state index in [-0.39, 0.29) is 5.91 Å².